The van der Waals surface area contributed by atoms with E-state index in [2.05, 4.69) is 67.1 Å². The van der Waals surface area contributed by atoms with Crippen molar-refractivity contribution in [1.82, 2.24) is 4.98 Å². The molecule has 0 atom stereocenters. The summed E-state index contributed by atoms with van der Waals surface area (Å²) in [6.45, 7) is 9.89. The van der Waals surface area contributed by atoms with Crippen molar-refractivity contribution in [2.24, 2.45) is 5.41 Å². The number of furan rings is 1. The molecule has 0 N–H and O–H groups in total. The minimum Gasteiger partial charge on any atom is -0.455 e. The highest BCUT2D eigenvalue weighted by Crippen LogP contribution is 2.40. The normalized spacial score (nSPS) is 15.6. The Balaban J connectivity index is 1.64. The fourth-order valence-electron chi connectivity index (χ4n) is 5.18. The van der Waals surface area contributed by atoms with Crippen molar-refractivity contribution in [2.75, 3.05) is 0 Å². The van der Waals surface area contributed by atoms with Gasteiger partial charge in [0.15, 0.2) is 0 Å². The van der Waals surface area contributed by atoms with Crippen LogP contribution in [0.5, 0.6) is 0 Å². The third kappa shape index (κ3) is 4.16. The Bertz CT molecular complexity index is 2030. The molecule has 4 aromatic carbocycles. The maximum Gasteiger partial charge on any atom is 0.144 e. The lowest BCUT2D eigenvalue weighted by Gasteiger charge is -2.20. The molecule has 0 amide bonds. The molecule has 3 heteroatoms. The number of benzene rings is 4. The minimum absolute atomic E-state index is 0.0712. The molecule has 0 aliphatic carbocycles. The highest BCUT2D eigenvalue weighted by molar-refractivity contribution is 6.88. The van der Waals surface area contributed by atoms with Gasteiger partial charge in [-0.25, -0.2) is 0 Å². The van der Waals surface area contributed by atoms with Crippen LogP contribution in [0, 0.1) is 12.3 Å². The molecule has 6 aromatic rings. The monoisotopic (exact) mass is 506 g/mol. The van der Waals surface area contributed by atoms with Crippen LogP contribution < -0.4 is 5.19 Å². The zero-order valence-corrected chi connectivity index (χ0v) is 23.3. The number of aryl methyl sites for hydroxylation is 1. The Morgan fingerprint density at radius 1 is 0.865 bits per heavy atom. The van der Waals surface area contributed by atoms with Crippen LogP contribution >= 0.6 is 0 Å². The Kier molecular flexibility index (Phi) is 4.20. The van der Waals surface area contributed by atoms with Crippen LogP contribution in [0.15, 0.2) is 77.3 Å². The Morgan fingerprint density at radius 3 is 2.35 bits per heavy atom. The summed E-state index contributed by atoms with van der Waals surface area (Å²) >= 11 is 0. The molecule has 0 fully saturated rings. The number of nitrogens with zero attached hydrogens (tertiary/aromatic N) is 1. The van der Waals surface area contributed by atoms with Gasteiger partial charge in [-0.05, 0) is 64.1 Å². The number of para-hydroxylation sites is 1. The van der Waals surface area contributed by atoms with Crippen LogP contribution in [-0.2, 0) is 6.37 Å². The van der Waals surface area contributed by atoms with E-state index in [0.717, 1.165) is 32.5 Å². The second-order valence-electron chi connectivity index (χ2n) is 12.1. The van der Waals surface area contributed by atoms with Gasteiger partial charge < -0.3 is 4.42 Å². The van der Waals surface area contributed by atoms with Crippen molar-refractivity contribution in [3.8, 4) is 11.3 Å². The fourth-order valence-corrected chi connectivity index (χ4v) is 6.35. The quantitative estimate of drug-likeness (QED) is 0.176. The fraction of sp³-hybridized carbons (Fsp3) is 0.265. The van der Waals surface area contributed by atoms with Crippen LogP contribution in [0.2, 0.25) is 19.6 Å². The van der Waals surface area contributed by atoms with Crippen molar-refractivity contribution in [3.63, 3.8) is 0 Å². The van der Waals surface area contributed by atoms with Gasteiger partial charge in [-0.15, -0.1) is 0 Å². The molecular formula is C34H35NOSi. The first-order valence-electron chi connectivity index (χ1n) is 15.3. The van der Waals surface area contributed by atoms with Crippen LogP contribution in [0.3, 0.4) is 0 Å². The molecule has 6 rings (SSSR count). The summed E-state index contributed by atoms with van der Waals surface area (Å²) in [6.07, 6.45) is -0.609. The zero-order chi connectivity index (χ0) is 30.4. The predicted molar refractivity (Wildman–Crippen MR) is 163 cm³/mol. The molecule has 186 valence electrons. The van der Waals surface area contributed by atoms with E-state index in [9.17, 15) is 0 Å². The van der Waals surface area contributed by atoms with Crippen molar-refractivity contribution < 1.29 is 11.3 Å². The minimum atomic E-state index is -2.50. The van der Waals surface area contributed by atoms with E-state index in [1.807, 2.05) is 18.2 Å². The van der Waals surface area contributed by atoms with Gasteiger partial charge in [0.2, 0.25) is 0 Å². The summed E-state index contributed by atoms with van der Waals surface area (Å²) in [5, 5.41) is 7.81. The molecule has 2 nitrogen and oxygen atoms in total. The average molecular weight is 507 g/mol. The van der Waals surface area contributed by atoms with Crippen LogP contribution in [0.4, 0.5) is 0 Å². The van der Waals surface area contributed by atoms with Gasteiger partial charge in [0.25, 0.3) is 0 Å². The van der Waals surface area contributed by atoms with Gasteiger partial charge in [0, 0.05) is 34.8 Å². The first kappa shape index (κ1) is 18.8. The molecule has 0 aliphatic heterocycles. The number of pyridine rings is 1. The molecule has 2 heterocycles. The molecule has 37 heavy (non-hydrogen) atoms. The summed E-state index contributed by atoms with van der Waals surface area (Å²) in [5.41, 5.74) is 1.83. The maximum atomic E-state index is 8.94. The smallest absolute Gasteiger partial charge is 0.144 e. The third-order valence-electron chi connectivity index (χ3n) is 7.02. The van der Waals surface area contributed by atoms with E-state index < -0.39 is 26.7 Å². The molecule has 2 aromatic heterocycles. The summed E-state index contributed by atoms with van der Waals surface area (Å²) in [7, 11) is -1.48. The van der Waals surface area contributed by atoms with Gasteiger partial charge in [-0.1, -0.05) is 94.1 Å². The number of hydrogen-bond donors (Lipinski definition) is 0. The third-order valence-corrected chi connectivity index (χ3v) is 9.06. The maximum absolute atomic E-state index is 8.94. The zero-order valence-electron chi connectivity index (χ0n) is 27.3. The number of hydrogen-bond acceptors (Lipinski definition) is 2. The second kappa shape index (κ2) is 8.29. The molecule has 0 saturated heterocycles. The summed E-state index contributed by atoms with van der Waals surface area (Å²) in [6, 6.07) is 22.8. The van der Waals surface area contributed by atoms with Crippen LogP contribution in [0.1, 0.15) is 38.8 Å². The lowest BCUT2D eigenvalue weighted by molar-refractivity contribution is 0.410. The first-order valence-corrected chi connectivity index (χ1v) is 16.3. The van der Waals surface area contributed by atoms with Crippen molar-refractivity contribution in [1.29, 1.82) is 0 Å². The lowest BCUT2D eigenvalue weighted by atomic mass is 9.86. The number of aromatic nitrogens is 1. The highest BCUT2D eigenvalue weighted by atomic mass is 28.3. The van der Waals surface area contributed by atoms with E-state index in [-0.39, 0.29) is 11.1 Å². The van der Waals surface area contributed by atoms with Gasteiger partial charge in [0.1, 0.15) is 11.2 Å². The summed E-state index contributed by atoms with van der Waals surface area (Å²) < 4.78 is 48.8. The Morgan fingerprint density at radius 2 is 1.59 bits per heavy atom. The molecule has 0 unspecified atom stereocenters. The molecular weight excluding hydrogens is 466 g/mol. The standard InChI is InChI=1S/C34H35NOSi/c1-21-20-35-30(18-24(21)19-34(2,3)4)29-10-8-9-27-28-15-13-22-11-12-23-17-25(37(5,6)7)14-16-26(23)31(22)33(28)36-32(27)29/h8-18,20H,19H2,1-7H3/i1D3,19D2. The number of rotatable bonds is 3. The van der Waals surface area contributed by atoms with Crippen molar-refractivity contribution in [2.45, 2.75) is 53.6 Å². The molecule has 0 aliphatic rings. The summed E-state index contributed by atoms with van der Waals surface area (Å²) in [5.74, 6) is 0. The lowest BCUT2D eigenvalue weighted by Crippen LogP contribution is -2.37. The largest absolute Gasteiger partial charge is 0.455 e. The van der Waals surface area contributed by atoms with E-state index in [0.29, 0.717) is 16.8 Å². The van der Waals surface area contributed by atoms with Crippen LogP contribution in [-0.4, -0.2) is 13.1 Å². The second-order valence-corrected chi connectivity index (χ2v) is 17.1. The van der Waals surface area contributed by atoms with Crippen molar-refractivity contribution >= 4 is 56.7 Å². The average Bonchev–Trinajstić information content (AvgIpc) is 3.29. The molecule has 0 bridgehead atoms. The van der Waals surface area contributed by atoms with Gasteiger partial charge >= 0.3 is 0 Å². The van der Waals surface area contributed by atoms with E-state index >= 15 is 0 Å². The molecule has 0 spiro atoms. The summed E-state index contributed by atoms with van der Waals surface area (Å²) in [4.78, 5) is 4.55. The SMILES string of the molecule is [2H]C([2H])([2H])c1cnc(-c2cccc3c2oc2c3ccc3ccc4cc([Si](C)(C)C)ccc4c32)cc1C([2H])([2H])C(C)(C)C. The first-order chi connectivity index (χ1) is 19.5. The highest BCUT2D eigenvalue weighted by Gasteiger charge is 2.20. The van der Waals surface area contributed by atoms with E-state index in [4.69, 9.17) is 11.3 Å². The molecule has 0 radical (unpaired) electrons. The van der Waals surface area contributed by atoms with Gasteiger partial charge in [-0.3, -0.25) is 4.98 Å². The van der Waals surface area contributed by atoms with E-state index in [1.54, 1.807) is 26.8 Å². The van der Waals surface area contributed by atoms with Gasteiger partial charge in [0.05, 0.1) is 13.8 Å². The van der Waals surface area contributed by atoms with Crippen molar-refractivity contribution in [3.05, 3.63) is 84.1 Å². The van der Waals surface area contributed by atoms with Gasteiger partial charge in [-0.2, -0.15) is 0 Å². The van der Waals surface area contributed by atoms with E-state index in [1.165, 1.54) is 16.8 Å². The topological polar surface area (TPSA) is 26.0 Å². The Hall–Kier alpha value is -3.43. The number of fused-ring (bicyclic) bond motifs is 7. The van der Waals surface area contributed by atoms with Crippen LogP contribution in [0.25, 0.3) is 54.7 Å². The molecule has 0 saturated carbocycles. The predicted octanol–water partition coefficient (Wildman–Crippen LogP) is 9.40. The Labute approximate surface area is 227 Å².